The summed E-state index contributed by atoms with van der Waals surface area (Å²) in [4.78, 5) is 4.39. The Hall–Kier alpha value is -0.300. The molecule has 3 unspecified atom stereocenters. The topological polar surface area (TPSA) is 59.6 Å². The molecule has 0 aromatic carbocycles. The van der Waals surface area contributed by atoms with E-state index in [1.165, 1.54) is 12.8 Å². The molecule has 2 saturated heterocycles. The van der Waals surface area contributed by atoms with Crippen molar-refractivity contribution in [2.24, 2.45) is 16.1 Å². The zero-order valence-corrected chi connectivity index (χ0v) is 12.6. The van der Waals surface area contributed by atoms with Crippen LogP contribution in [0, 0.1) is 5.41 Å². The number of fused-ring (bicyclic) bond motifs is 2. The molecule has 17 heavy (non-hydrogen) atoms. The van der Waals surface area contributed by atoms with Gasteiger partial charge in [0.1, 0.15) is 0 Å². The van der Waals surface area contributed by atoms with E-state index in [1.54, 1.807) is 6.08 Å². The summed E-state index contributed by atoms with van der Waals surface area (Å²) in [6.07, 6.45) is 6.13. The predicted molar refractivity (Wildman–Crippen MR) is 80.7 cm³/mol. The molecule has 2 bridgehead atoms. The molecule has 2 aliphatic rings. The summed E-state index contributed by atoms with van der Waals surface area (Å²) < 4.78 is 5.85. The number of hydrogen-bond donors (Lipinski definition) is 2. The van der Waals surface area contributed by atoms with Crippen molar-refractivity contribution in [2.45, 2.75) is 38.4 Å². The molecular weight excluding hydrogens is 329 g/mol. The average Bonchev–Trinajstić information content (AvgIpc) is 2.83. The molecule has 0 amide bonds. The number of nitrogens with two attached hydrogens (primary N) is 1. The largest absolute Gasteiger partial charge is 0.374 e. The van der Waals surface area contributed by atoms with E-state index in [4.69, 9.17) is 10.5 Å². The number of halogens is 1. The maximum atomic E-state index is 5.85. The first-order valence-electron chi connectivity index (χ1n) is 5.94. The second kappa shape index (κ2) is 6.04. The molecule has 3 atom stereocenters. The van der Waals surface area contributed by atoms with Crippen molar-refractivity contribution < 1.29 is 4.74 Å². The molecule has 4 nitrogen and oxygen atoms in total. The Bertz CT molecular complexity index is 308. The summed E-state index contributed by atoms with van der Waals surface area (Å²) in [6.45, 7) is 7.29. The fourth-order valence-corrected chi connectivity index (χ4v) is 2.68. The summed E-state index contributed by atoms with van der Waals surface area (Å²) >= 11 is 0. The van der Waals surface area contributed by atoms with Crippen LogP contribution in [0.2, 0.25) is 0 Å². The smallest absolute Gasteiger partial charge is 0.188 e. The van der Waals surface area contributed by atoms with Gasteiger partial charge in [-0.15, -0.1) is 30.6 Å². The maximum Gasteiger partial charge on any atom is 0.188 e. The van der Waals surface area contributed by atoms with Crippen LogP contribution in [-0.2, 0) is 4.74 Å². The number of nitrogens with zero attached hydrogens (tertiary/aromatic N) is 1. The van der Waals surface area contributed by atoms with Gasteiger partial charge < -0.3 is 15.8 Å². The fourth-order valence-electron chi connectivity index (χ4n) is 2.68. The van der Waals surface area contributed by atoms with Crippen LogP contribution in [-0.4, -0.2) is 31.3 Å². The molecule has 3 N–H and O–H groups in total. The zero-order valence-electron chi connectivity index (χ0n) is 10.3. The summed E-state index contributed by atoms with van der Waals surface area (Å²) in [5.74, 6) is 0.504. The highest BCUT2D eigenvalue weighted by Gasteiger charge is 2.49. The minimum atomic E-state index is 0. The monoisotopic (exact) mass is 351 g/mol. The Kier molecular flexibility index (Phi) is 5.24. The third-order valence-electron chi connectivity index (χ3n) is 3.62. The highest BCUT2D eigenvalue weighted by molar-refractivity contribution is 14.0. The van der Waals surface area contributed by atoms with Crippen LogP contribution < -0.4 is 11.1 Å². The first-order chi connectivity index (χ1) is 7.64. The molecule has 2 aliphatic heterocycles. The van der Waals surface area contributed by atoms with Gasteiger partial charge in [0.15, 0.2) is 5.96 Å². The SMILES string of the molecule is C=CCNC(N)=NCC1(C)CC2CCC1O2.I. The van der Waals surface area contributed by atoms with Gasteiger partial charge in [-0.2, -0.15) is 0 Å². The normalized spacial score (nSPS) is 35.5. The quantitative estimate of drug-likeness (QED) is 0.351. The van der Waals surface area contributed by atoms with Crippen molar-refractivity contribution in [1.29, 1.82) is 0 Å². The van der Waals surface area contributed by atoms with E-state index in [-0.39, 0.29) is 29.4 Å². The lowest BCUT2D eigenvalue weighted by Gasteiger charge is -2.29. The number of guanidine groups is 1. The van der Waals surface area contributed by atoms with Crippen molar-refractivity contribution in [3.63, 3.8) is 0 Å². The number of hydrogen-bond acceptors (Lipinski definition) is 2. The summed E-state index contributed by atoms with van der Waals surface area (Å²) in [5, 5.41) is 2.99. The molecule has 2 fully saturated rings. The lowest BCUT2D eigenvalue weighted by molar-refractivity contribution is 0.0706. The lowest BCUT2D eigenvalue weighted by atomic mass is 9.76. The molecule has 0 aromatic heterocycles. The molecule has 0 radical (unpaired) electrons. The van der Waals surface area contributed by atoms with Crippen molar-refractivity contribution >= 4 is 29.9 Å². The predicted octanol–water partition coefficient (Wildman–Crippen LogP) is 1.65. The van der Waals surface area contributed by atoms with Gasteiger partial charge in [0, 0.05) is 12.0 Å². The van der Waals surface area contributed by atoms with E-state index in [0.717, 1.165) is 13.0 Å². The average molecular weight is 351 g/mol. The van der Waals surface area contributed by atoms with E-state index in [1.807, 2.05) is 0 Å². The second-order valence-electron chi connectivity index (χ2n) is 5.05. The van der Waals surface area contributed by atoms with Crippen molar-refractivity contribution in [3.05, 3.63) is 12.7 Å². The molecule has 5 heteroatoms. The van der Waals surface area contributed by atoms with Gasteiger partial charge in [-0.25, -0.2) is 0 Å². The van der Waals surface area contributed by atoms with Gasteiger partial charge in [-0.1, -0.05) is 13.0 Å². The summed E-state index contributed by atoms with van der Waals surface area (Å²) in [5.41, 5.74) is 5.93. The summed E-state index contributed by atoms with van der Waals surface area (Å²) in [6, 6.07) is 0. The van der Waals surface area contributed by atoms with E-state index < -0.39 is 0 Å². The van der Waals surface area contributed by atoms with Gasteiger partial charge in [0.25, 0.3) is 0 Å². The number of nitrogens with one attached hydrogen (secondary N) is 1. The number of aliphatic imine (C=N–C) groups is 1. The molecular formula is C12H22IN3O. The van der Waals surface area contributed by atoms with E-state index in [0.29, 0.717) is 24.7 Å². The highest BCUT2D eigenvalue weighted by Crippen LogP contribution is 2.47. The van der Waals surface area contributed by atoms with Crippen molar-refractivity contribution in [2.75, 3.05) is 13.1 Å². The van der Waals surface area contributed by atoms with E-state index >= 15 is 0 Å². The van der Waals surface area contributed by atoms with Gasteiger partial charge in [-0.3, -0.25) is 4.99 Å². The Morgan fingerprint density at radius 3 is 2.94 bits per heavy atom. The van der Waals surface area contributed by atoms with Gasteiger partial charge in [0.2, 0.25) is 0 Å². The molecule has 0 aliphatic carbocycles. The maximum absolute atomic E-state index is 5.85. The minimum Gasteiger partial charge on any atom is -0.374 e. The van der Waals surface area contributed by atoms with E-state index in [2.05, 4.69) is 23.8 Å². The number of rotatable bonds is 4. The molecule has 0 spiro atoms. The third kappa shape index (κ3) is 3.34. The van der Waals surface area contributed by atoms with Crippen molar-refractivity contribution in [3.8, 4) is 0 Å². The standard InChI is InChI=1S/C12H21N3O.HI/c1-3-6-14-11(13)15-8-12(2)7-9-4-5-10(12)16-9;/h3,9-10H,1,4-8H2,2H3,(H3,13,14,15);1H. The lowest BCUT2D eigenvalue weighted by Crippen LogP contribution is -2.36. The van der Waals surface area contributed by atoms with Crippen LogP contribution >= 0.6 is 24.0 Å². The zero-order chi connectivity index (χ0) is 11.6. The Morgan fingerprint density at radius 2 is 2.41 bits per heavy atom. The van der Waals surface area contributed by atoms with Gasteiger partial charge >= 0.3 is 0 Å². The highest BCUT2D eigenvalue weighted by atomic mass is 127. The van der Waals surface area contributed by atoms with Crippen molar-refractivity contribution in [1.82, 2.24) is 5.32 Å². The molecule has 2 rings (SSSR count). The van der Waals surface area contributed by atoms with Crippen LogP contribution in [0.4, 0.5) is 0 Å². The fraction of sp³-hybridized carbons (Fsp3) is 0.750. The Balaban J connectivity index is 0.00000144. The molecule has 98 valence electrons. The first-order valence-corrected chi connectivity index (χ1v) is 5.94. The second-order valence-corrected chi connectivity index (χ2v) is 5.05. The summed E-state index contributed by atoms with van der Waals surface area (Å²) in [7, 11) is 0. The molecule has 2 heterocycles. The first kappa shape index (κ1) is 14.8. The van der Waals surface area contributed by atoms with Gasteiger partial charge in [0.05, 0.1) is 18.8 Å². The number of ether oxygens (including phenoxy) is 1. The van der Waals surface area contributed by atoms with Crippen LogP contribution in [0.5, 0.6) is 0 Å². The van der Waals surface area contributed by atoms with E-state index in [9.17, 15) is 0 Å². The van der Waals surface area contributed by atoms with Crippen LogP contribution in [0.1, 0.15) is 26.2 Å². The third-order valence-corrected chi connectivity index (χ3v) is 3.62. The Labute approximate surface area is 120 Å². The Morgan fingerprint density at radius 1 is 1.65 bits per heavy atom. The van der Waals surface area contributed by atoms with Crippen LogP contribution in [0.15, 0.2) is 17.6 Å². The van der Waals surface area contributed by atoms with Crippen LogP contribution in [0.3, 0.4) is 0 Å². The molecule has 0 aromatic rings. The molecule has 0 saturated carbocycles. The van der Waals surface area contributed by atoms with Crippen LogP contribution in [0.25, 0.3) is 0 Å². The minimum absolute atomic E-state index is 0. The van der Waals surface area contributed by atoms with Gasteiger partial charge in [-0.05, 0) is 19.3 Å².